The Bertz CT molecular complexity index is 1180. The van der Waals surface area contributed by atoms with E-state index in [2.05, 4.69) is 121 Å². The van der Waals surface area contributed by atoms with Crippen LogP contribution >= 0.6 is 7.26 Å². The molecule has 0 fully saturated rings. The molecule has 3 nitrogen and oxygen atoms in total. The monoisotopic (exact) mass is 482 g/mol. The molecule has 35 heavy (non-hydrogen) atoms. The van der Waals surface area contributed by atoms with Crippen LogP contribution in [0.5, 0.6) is 0 Å². The van der Waals surface area contributed by atoms with E-state index < -0.39 is 19.0 Å². The number of hydrogen-bond donors (Lipinski definition) is 1. The van der Waals surface area contributed by atoms with Gasteiger partial charge in [0.25, 0.3) is 0 Å². The van der Waals surface area contributed by atoms with Crippen molar-refractivity contribution in [2.45, 2.75) is 39.1 Å². The van der Waals surface area contributed by atoms with E-state index in [0.29, 0.717) is 6.54 Å². The molecule has 0 aromatic heterocycles. The van der Waals surface area contributed by atoms with E-state index >= 15 is 0 Å². The number of ether oxygens (including phenoxy) is 1. The van der Waals surface area contributed by atoms with Gasteiger partial charge in [-0.2, -0.15) is 0 Å². The summed E-state index contributed by atoms with van der Waals surface area (Å²) in [6.07, 6.45) is 0.540. The predicted molar refractivity (Wildman–Crippen MR) is 148 cm³/mol. The minimum absolute atomic E-state index is 0.402. The van der Waals surface area contributed by atoms with Crippen LogP contribution in [-0.4, -0.2) is 11.7 Å². The largest absolute Gasteiger partial charge is 0.444 e. The number of benzene rings is 4. The first kappa shape index (κ1) is 24.7. The van der Waals surface area contributed by atoms with Crippen LogP contribution in [-0.2, 0) is 17.4 Å². The summed E-state index contributed by atoms with van der Waals surface area (Å²) in [5, 5.41) is 6.90. The molecule has 0 heterocycles. The molecular formula is C31H33NO2P+. The van der Waals surface area contributed by atoms with Crippen molar-refractivity contribution in [3.63, 3.8) is 0 Å². The summed E-state index contributed by atoms with van der Waals surface area (Å²) in [7, 11) is -1.97. The average Bonchev–Trinajstić information content (AvgIpc) is 2.87. The molecule has 0 spiro atoms. The van der Waals surface area contributed by atoms with Gasteiger partial charge in [-0.1, -0.05) is 78.9 Å². The van der Waals surface area contributed by atoms with E-state index in [4.69, 9.17) is 4.74 Å². The molecule has 0 saturated carbocycles. The van der Waals surface area contributed by atoms with Crippen LogP contribution in [0.1, 0.15) is 31.9 Å². The summed E-state index contributed by atoms with van der Waals surface area (Å²) in [6.45, 7) is 6.02. The molecule has 4 aromatic carbocycles. The van der Waals surface area contributed by atoms with E-state index in [1.165, 1.54) is 21.5 Å². The summed E-state index contributed by atoms with van der Waals surface area (Å²) in [5.74, 6) is 0. The van der Waals surface area contributed by atoms with Crippen molar-refractivity contribution < 1.29 is 9.53 Å². The molecule has 0 aliphatic heterocycles. The second-order valence-electron chi connectivity index (χ2n) is 9.65. The quantitative estimate of drug-likeness (QED) is 0.318. The van der Waals surface area contributed by atoms with Crippen molar-refractivity contribution in [3.8, 4) is 0 Å². The molecule has 0 aliphatic carbocycles. The van der Waals surface area contributed by atoms with Crippen molar-refractivity contribution >= 4 is 29.3 Å². The normalized spacial score (nSPS) is 11.6. The first-order chi connectivity index (χ1) is 16.9. The summed E-state index contributed by atoms with van der Waals surface area (Å²) in [5.41, 5.74) is 1.85. The number of rotatable bonds is 7. The van der Waals surface area contributed by atoms with E-state index in [1.54, 1.807) is 0 Å². The van der Waals surface area contributed by atoms with Crippen molar-refractivity contribution in [3.05, 3.63) is 126 Å². The van der Waals surface area contributed by atoms with Gasteiger partial charge in [0.05, 0.1) is 6.16 Å². The van der Waals surface area contributed by atoms with Crippen molar-refractivity contribution in [2.24, 2.45) is 0 Å². The molecule has 0 unspecified atom stereocenters. The number of alkyl carbamates (subject to hydrolysis) is 1. The van der Waals surface area contributed by atoms with E-state index in [0.717, 1.165) is 11.7 Å². The van der Waals surface area contributed by atoms with Crippen LogP contribution in [0.15, 0.2) is 115 Å². The topological polar surface area (TPSA) is 38.3 Å². The molecule has 4 rings (SSSR count). The van der Waals surface area contributed by atoms with Gasteiger partial charge in [0.2, 0.25) is 0 Å². The second-order valence-corrected chi connectivity index (χ2v) is 13.1. The third kappa shape index (κ3) is 6.18. The van der Waals surface area contributed by atoms with Gasteiger partial charge in [0.15, 0.2) is 0 Å². The maximum absolute atomic E-state index is 12.1. The predicted octanol–water partition coefficient (Wildman–Crippen LogP) is 6.21. The smallest absolute Gasteiger partial charge is 0.407 e. The van der Waals surface area contributed by atoms with Crippen LogP contribution in [0.25, 0.3) is 0 Å². The number of carbonyl (C=O) groups is 1. The SMILES string of the molecule is CC(C)(C)OC(=O)NCc1ccc([P+](Cc2ccccc2)(c2ccccc2)c2ccccc2)cc1. The fourth-order valence-electron chi connectivity index (χ4n) is 4.30. The lowest BCUT2D eigenvalue weighted by Crippen LogP contribution is -2.33. The highest BCUT2D eigenvalue weighted by molar-refractivity contribution is 7.95. The molecule has 1 amide bonds. The highest BCUT2D eigenvalue weighted by Crippen LogP contribution is 2.58. The molecule has 1 N–H and O–H groups in total. The summed E-state index contributed by atoms with van der Waals surface area (Å²) in [6, 6.07) is 41.2. The van der Waals surface area contributed by atoms with Gasteiger partial charge in [0.1, 0.15) is 28.8 Å². The number of amides is 1. The molecule has 4 heteroatoms. The molecule has 4 aromatic rings. The lowest BCUT2D eigenvalue weighted by atomic mass is 10.2. The maximum atomic E-state index is 12.1. The van der Waals surface area contributed by atoms with Gasteiger partial charge in [-0.3, -0.25) is 0 Å². The Kier molecular flexibility index (Phi) is 7.68. The van der Waals surface area contributed by atoms with E-state index in [1.807, 2.05) is 20.8 Å². The minimum Gasteiger partial charge on any atom is -0.444 e. The molecule has 0 atom stereocenters. The third-order valence-electron chi connectivity index (χ3n) is 5.87. The minimum atomic E-state index is -1.97. The third-order valence-corrected chi connectivity index (χ3v) is 10.2. The maximum Gasteiger partial charge on any atom is 0.407 e. The second kappa shape index (κ2) is 10.9. The molecule has 0 radical (unpaired) electrons. The Morgan fingerprint density at radius 1 is 0.657 bits per heavy atom. The molecule has 0 aliphatic rings. The van der Waals surface area contributed by atoms with Crippen molar-refractivity contribution in [1.29, 1.82) is 0 Å². The summed E-state index contributed by atoms with van der Waals surface area (Å²) in [4.78, 5) is 12.1. The zero-order valence-corrected chi connectivity index (χ0v) is 21.5. The first-order valence-electron chi connectivity index (χ1n) is 12.0. The zero-order chi connectivity index (χ0) is 24.7. The van der Waals surface area contributed by atoms with Gasteiger partial charge in [-0.25, -0.2) is 4.79 Å². The highest BCUT2D eigenvalue weighted by atomic mass is 31.2. The highest BCUT2D eigenvalue weighted by Gasteiger charge is 2.45. The van der Waals surface area contributed by atoms with Crippen LogP contribution < -0.4 is 21.2 Å². The van der Waals surface area contributed by atoms with Gasteiger partial charge < -0.3 is 10.1 Å². The Morgan fingerprint density at radius 3 is 1.60 bits per heavy atom. The lowest BCUT2D eigenvalue weighted by molar-refractivity contribution is 0.0523. The van der Waals surface area contributed by atoms with Crippen LogP contribution in [0.4, 0.5) is 4.79 Å². The summed E-state index contributed by atoms with van der Waals surface area (Å²) >= 11 is 0. The van der Waals surface area contributed by atoms with Crippen molar-refractivity contribution in [1.82, 2.24) is 5.32 Å². The van der Waals surface area contributed by atoms with Gasteiger partial charge in [0, 0.05) is 6.54 Å². The Morgan fingerprint density at radius 2 is 1.11 bits per heavy atom. The molecule has 0 bridgehead atoms. The van der Waals surface area contributed by atoms with Gasteiger partial charge in [-0.05, 0) is 68.3 Å². The Labute approximate surface area is 209 Å². The fourth-order valence-corrected chi connectivity index (χ4v) is 8.52. The number of nitrogens with one attached hydrogen (secondary N) is 1. The molecular weight excluding hydrogens is 449 g/mol. The fraction of sp³-hybridized carbons (Fsp3) is 0.194. The average molecular weight is 483 g/mol. The first-order valence-corrected chi connectivity index (χ1v) is 13.9. The van der Waals surface area contributed by atoms with Gasteiger partial charge >= 0.3 is 6.09 Å². The van der Waals surface area contributed by atoms with Crippen LogP contribution in [0.3, 0.4) is 0 Å². The van der Waals surface area contributed by atoms with Crippen LogP contribution in [0.2, 0.25) is 0 Å². The van der Waals surface area contributed by atoms with Crippen LogP contribution in [0, 0.1) is 0 Å². The van der Waals surface area contributed by atoms with Gasteiger partial charge in [-0.15, -0.1) is 0 Å². The number of hydrogen-bond acceptors (Lipinski definition) is 2. The molecule has 178 valence electrons. The van der Waals surface area contributed by atoms with E-state index in [-0.39, 0.29) is 0 Å². The Hall–Kier alpha value is -3.42. The Balaban J connectivity index is 1.73. The van der Waals surface area contributed by atoms with E-state index in [9.17, 15) is 4.79 Å². The molecule has 0 saturated heterocycles. The summed E-state index contributed by atoms with van der Waals surface area (Å²) < 4.78 is 5.37. The lowest BCUT2D eigenvalue weighted by Gasteiger charge is -2.28. The standard InChI is InChI=1S/C31H32NO2P/c1-31(2,3)34-30(33)32-23-25-19-21-29(22-20-25)35(27-15-9-5-10-16-27,28-17-11-6-12-18-28)24-26-13-7-4-8-14-26/h4-22H,23-24H2,1-3H3/p+1. The zero-order valence-electron chi connectivity index (χ0n) is 20.6. The van der Waals surface area contributed by atoms with Crippen molar-refractivity contribution in [2.75, 3.05) is 0 Å². The number of carbonyl (C=O) groups excluding carboxylic acids is 1.